The molecule has 4 aromatic rings. The van der Waals surface area contributed by atoms with Gasteiger partial charge in [0.05, 0.1) is 0 Å². The van der Waals surface area contributed by atoms with Crippen LogP contribution < -0.4 is 10.1 Å². The summed E-state index contributed by atoms with van der Waals surface area (Å²) < 4.78 is 24.4. The molecule has 0 saturated heterocycles. The fraction of sp³-hybridized carbons (Fsp3) is 0.0870. The maximum absolute atomic E-state index is 13.2. The van der Waals surface area contributed by atoms with Gasteiger partial charge in [-0.25, -0.2) is 14.4 Å². The Hall–Kier alpha value is -4.00. The quantitative estimate of drug-likeness (QED) is 0.495. The van der Waals surface area contributed by atoms with Crippen LogP contribution in [0.1, 0.15) is 21.8 Å². The van der Waals surface area contributed by atoms with E-state index < -0.39 is 0 Å². The summed E-state index contributed by atoms with van der Waals surface area (Å²) in [5.74, 6) is 0.820. The van der Waals surface area contributed by atoms with Crippen molar-refractivity contribution in [3.63, 3.8) is 0 Å². The van der Waals surface area contributed by atoms with Gasteiger partial charge in [-0.3, -0.25) is 4.79 Å². The number of rotatable bonds is 6. The highest BCUT2D eigenvalue weighted by Crippen LogP contribution is 2.22. The number of oxazole rings is 1. The molecule has 2 aromatic heterocycles. The van der Waals surface area contributed by atoms with E-state index in [-0.39, 0.29) is 24.0 Å². The minimum Gasteiger partial charge on any atom is -0.441 e. The van der Waals surface area contributed by atoms with Gasteiger partial charge in [-0.1, -0.05) is 30.3 Å². The minimum absolute atomic E-state index is 0.243. The minimum atomic E-state index is -0.384. The molecule has 30 heavy (non-hydrogen) atoms. The molecule has 0 bridgehead atoms. The van der Waals surface area contributed by atoms with Crippen molar-refractivity contribution in [1.82, 2.24) is 15.3 Å². The molecule has 0 aliphatic rings. The molecule has 0 unspecified atom stereocenters. The highest BCUT2D eigenvalue weighted by molar-refractivity contribution is 5.93. The van der Waals surface area contributed by atoms with Crippen LogP contribution in [0.3, 0.4) is 0 Å². The summed E-state index contributed by atoms with van der Waals surface area (Å²) in [6, 6.07) is 18.6. The molecular weight excluding hydrogens is 385 g/mol. The van der Waals surface area contributed by atoms with Crippen LogP contribution in [-0.2, 0) is 6.54 Å². The van der Waals surface area contributed by atoms with Gasteiger partial charge >= 0.3 is 0 Å². The molecule has 0 saturated carbocycles. The first-order chi connectivity index (χ1) is 14.6. The number of hydrogen-bond acceptors (Lipinski definition) is 5. The fourth-order valence-corrected chi connectivity index (χ4v) is 2.80. The number of ether oxygens (including phenoxy) is 1. The Morgan fingerprint density at radius 3 is 2.67 bits per heavy atom. The van der Waals surface area contributed by atoms with E-state index in [1.54, 1.807) is 37.4 Å². The van der Waals surface area contributed by atoms with Crippen molar-refractivity contribution in [2.75, 3.05) is 0 Å². The van der Waals surface area contributed by atoms with Crippen LogP contribution >= 0.6 is 0 Å². The molecule has 2 aromatic carbocycles. The van der Waals surface area contributed by atoms with Gasteiger partial charge in [-0.05, 0) is 36.8 Å². The van der Waals surface area contributed by atoms with Crippen molar-refractivity contribution in [3.8, 4) is 23.1 Å². The fourth-order valence-electron chi connectivity index (χ4n) is 2.80. The van der Waals surface area contributed by atoms with Crippen LogP contribution in [0.15, 0.2) is 77.3 Å². The first-order valence-corrected chi connectivity index (χ1v) is 9.28. The van der Waals surface area contributed by atoms with E-state index in [4.69, 9.17) is 9.15 Å². The lowest BCUT2D eigenvalue weighted by Crippen LogP contribution is -2.23. The van der Waals surface area contributed by atoms with E-state index in [2.05, 4.69) is 15.3 Å². The highest BCUT2D eigenvalue weighted by atomic mass is 19.1. The number of amides is 1. The number of aryl methyl sites for hydroxylation is 1. The molecule has 0 spiro atoms. The van der Waals surface area contributed by atoms with Gasteiger partial charge in [-0.2, -0.15) is 0 Å². The summed E-state index contributed by atoms with van der Waals surface area (Å²) in [5, 5.41) is 2.81. The number of nitrogens with zero attached hydrogens (tertiary/aromatic N) is 2. The largest absolute Gasteiger partial charge is 0.441 e. The molecule has 7 heteroatoms. The van der Waals surface area contributed by atoms with Crippen LogP contribution in [-0.4, -0.2) is 15.9 Å². The molecule has 1 N–H and O–H groups in total. The first kappa shape index (κ1) is 19.3. The maximum Gasteiger partial charge on any atom is 0.273 e. The summed E-state index contributed by atoms with van der Waals surface area (Å²) in [7, 11) is 0. The third-order valence-corrected chi connectivity index (χ3v) is 4.30. The average molecular weight is 403 g/mol. The number of hydrogen-bond donors (Lipinski definition) is 1. The number of carbonyl (C=O) groups is 1. The van der Waals surface area contributed by atoms with Gasteiger partial charge in [0.25, 0.3) is 5.91 Å². The third kappa shape index (κ3) is 4.52. The second-order valence-electron chi connectivity index (χ2n) is 6.54. The van der Waals surface area contributed by atoms with Crippen molar-refractivity contribution >= 4 is 5.91 Å². The maximum atomic E-state index is 13.2. The lowest BCUT2D eigenvalue weighted by Gasteiger charge is -2.07. The Morgan fingerprint density at radius 2 is 1.93 bits per heavy atom. The zero-order valence-corrected chi connectivity index (χ0v) is 16.1. The van der Waals surface area contributed by atoms with Crippen LogP contribution in [0.4, 0.5) is 4.39 Å². The van der Waals surface area contributed by atoms with Gasteiger partial charge in [0, 0.05) is 30.4 Å². The van der Waals surface area contributed by atoms with Crippen molar-refractivity contribution in [1.29, 1.82) is 0 Å². The first-order valence-electron chi connectivity index (χ1n) is 9.28. The van der Waals surface area contributed by atoms with E-state index in [9.17, 15) is 9.18 Å². The van der Waals surface area contributed by atoms with E-state index in [1.807, 2.05) is 30.3 Å². The highest BCUT2D eigenvalue weighted by Gasteiger charge is 2.17. The van der Waals surface area contributed by atoms with Crippen molar-refractivity contribution in [2.45, 2.75) is 13.5 Å². The molecule has 0 atom stereocenters. The number of nitrogens with one attached hydrogen (secondary N) is 1. The molecule has 0 aliphatic carbocycles. The lowest BCUT2D eigenvalue weighted by atomic mass is 10.2. The van der Waals surface area contributed by atoms with Gasteiger partial charge in [0.2, 0.25) is 11.8 Å². The van der Waals surface area contributed by atoms with Crippen LogP contribution in [0.5, 0.6) is 11.6 Å². The Balaban J connectivity index is 1.38. The molecule has 6 nitrogen and oxygen atoms in total. The third-order valence-electron chi connectivity index (χ3n) is 4.30. The van der Waals surface area contributed by atoms with Gasteiger partial charge in [-0.15, -0.1) is 0 Å². The topological polar surface area (TPSA) is 77.2 Å². The standard InChI is InChI=1S/C23H18FN3O3/c1-15-21(27-23(29-15)17-6-3-2-4-7-17)22(28)26-14-16-10-11-20(25-13-16)30-19-9-5-8-18(24)12-19/h2-13H,14H2,1H3,(H,26,28). The second-order valence-corrected chi connectivity index (χ2v) is 6.54. The van der Waals surface area contributed by atoms with Crippen molar-refractivity contribution < 1.29 is 18.3 Å². The summed E-state index contributed by atoms with van der Waals surface area (Å²) in [5.41, 5.74) is 1.82. The van der Waals surface area contributed by atoms with Crippen molar-refractivity contribution in [3.05, 3.63) is 95.8 Å². The van der Waals surface area contributed by atoms with Crippen LogP contribution in [0.25, 0.3) is 11.5 Å². The van der Waals surface area contributed by atoms with E-state index in [0.29, 0.717) is 23.3 Å². The molecule has 0 fully saturated rings. The average Bonchev–Trinajstić information content (AvgIpc) is 3.15. The Labute approximate surface area is 172 Å². The smallest absolute Gasteiger partial charge is 0.273 e. The summed E-state index contributed by atoms with van der Waals surface area (Å²) in [6.45, 7) is 1.97. The van der Waals surface area contributed by atoms with Gasteiger partial charge in [0.1, 0.15) is 17.3 Å². The molecule has 150 valence electrons. The number of benzene rings is 2. The van der Waals surface area contributed by atoms with E-state index >= 15 is 0 Å². The summed E-state index contributed by atoms with van der Waals surface area (Å²) in [6.07, 6.45) is 1.58. The Morgan fingerprint density at radius 1 is 1.10 bits per heavy atom. The predicted octanol–water partition coefficient (Wildman–Crippen LogP) is 4.91. The van der Waals surface area contributed by atoms with Crippen LogP contribution in [0.2, 0.25) is 0 Å². The molecule has 2 heterocycles. The Kier molecular flexibility index (Phi) is 5.52. The number of pyridine rings is 1. The summed E-state index contributed by atoms with van der Waals surface area (Å²) >= 11 is 0. The SMILES string of the molecule is Cc1oc(-c2ccccc2)nc1C(=O)NCc1ccc(Oc2cccc(F)c2)nc1. The molecule has 1 amide bonds. The lowest BCUT2D eigenvalue weighted by molar-refractivity contribution is 0.0945. The Bertz CT molecular complexity index is 1160. The predicted molar refractivity (Wildman–Crippen MR) is 109 cm³/mol. The van der Waals surface area contributed by atoms with Crippen LogP contribution in [0, 0.1) is 12.7 Å². The van der Waals surface area contributed by atoms with Gasteiger partial charge < -0.3 is 14.5 Å². The molecule has 0 aliphatic heterocycles. The second kappa shape index (κ2) is 8.57. The number of carbonyl (C=O) groups excluding carboxylic acids is 1. The zero-order valence-electron chi connectivity index (χ0n) is 16.1. The molecule has 0 radical (unpaired) electrons. The monoisotopic (exact) mass is 403 g/mol. The molecule has 4 rings (SSSR count). The van der Waals surface area contributed by atoms with Crippen molar-refractivity contribution in [2.24, 2.45) is 0 Å². The number of halogens is 1. The normalized spacial score (nSPS) is 10.6. The zero-order chi connectivity index (χ0) is 20.9. The van der Waals surface area contributed by atoms with E-state index in [0.717, 1.165) is 11.1 Å². The molecular formula is C23H18FN3O3. The van der Waals surface area contributed by atoms with E-state index in [1.165, 1.54) is 12.1 Å². The van der Waals surface area contributed by atoms with Gasteiger partial charge in [0.15, 0.2) is 5.69 Å². The summed E-state index contributed by atoms with van der Waals surface area (Å²) in [4.78, 5) is 21.0. The number of aromatic nitrogens is 2.